The Morgan fingerprint density at radius 3 is 2.44 bits per heavy atom. The third-order valence-corrected chi connectivity index (χ3v) is 4.24. The van der Waals surface area contributed by atoms with E-state index in [2.05, 4.69) is 11.5 Å². The van der Waals surface area contributed by atoms with Gasteiger partial charge in [0.2, 0.25) is 0 Å². The summed E-state index contributed by atoms with van der Waals surface area (Å²) in [5.74, 6) is 0.214. The maximum absolute atomic E-state index is 12.9. The first-order chi connectivity index (χ1) is 11.9. The third kappa shape index (κ3) is 5.14. The van der Waals surface area contributed by atoms with Gasteiger partial charge in [0.25, 0.3) is 0 Å². The zero-order chi connectivity index (χ0) is 18.3. The quantitative estimate of drug-likeness (QED) is 0.310. The molecule has 0 saturated carbocycles. The second-order valence-electron chi connectivity index (χ2n) is 6.23. The van der Waals surface area contributed by atoms with Crippen molar-refractivity contribution < 1.29 is 23.8 Å². The Bertz CT molecular complexity index is 603. The van der Waals surface area contributed by atoms with Crippen molar-refractivity contribution in [2.75, 3.05) is 39.5 Å². The molecule has 1 saturated heterocycles. The normalized spacial score (nSPS) is 15.4. The lowest BCUT2D eigenvalue weighted by Crippen LogP contribution is -2.54. The highest BCUT2D eigenvalue weighted by Gasteiger charge is 2.35. The first-order valence-corrected chi connectivity index (χ1v) is 8.35. The van der Waals surface area contributed by atoms with E-state index < -0.39 is 11.5 Å². The van der Waals surface area contributed by atoms with Gasteiger partial charge in [-0.05, 0) is 38.1 Å². The van der Waals surface area contributed by atoms with Crippen LogP contribution in [0.25, 0.3) is 0 Å². The molecule has 25 heavy (non-hydrogen) atoms. The van der Waals surface area contributed by atoms with Crippen LogP contribution in [0.3, 0.4) is 0 Å². The summed E-state index contributed by atoms with van der Waals surface area (Å²) in [5, 5.41) is 0. The highest BCUT2D eigenvalue weighted by atomic mass is 16.6. The van der Waals surface area contributed by atoms with Crippen LogP contribution in [0.5, 0.6) is 5.75 Å². The molecule has 0 spiro atoms. The molecule has 1 aromatic rings. The Kier molecular flexibility index (Phi) is 6.73. The topological polar surface area (TPSA) is 65.1 Å². The highest BCUT2D eigenvalue weighted by Crippen LogP contribution is 2.23. The number of nitrogens with zero attached hydrogens (tertiary/aromatic N) is 1. The fourth-order valence-electron chi connectivity index (χ4n) is 2.68. The molecule has 0 amide bonds. The van der Waals surface area contributed by atoms with Gasteiger partial charge in [0.1, 0.15) is 19.0 Å². The molecule has 1 aliphatic heterocycles. The van der Waals surface area contributed by atoms with Crippen LogP contribution in [0, 0.1) is 0 Å². The van der Waals surface area contributed by atoms with Crippen molar-refractivity contribution in [3.63, 3.8) is 0 Å². The van der Waals surface area contributed by atoms with E-state index in [1.54, 1.807) is 24.3 Å². The molecular weight excluding hydrogens is 322 g/mol. The second-order valence-corrected chi connectivity index (χ2v) is 6.23. The Morgan fingerprint density at radius 2 is 1.84 bits per heavy atom. The molecule has 0 aliphatic carbocycles. The van der Waals surface area contributed by atoms with Gasteiger partial charge >= 0.3 is 5.97 Å². The van der Waals surface area contributed by atoms with Gasteiger partial charge in [-0.2, -0.15) is 0 Å². The number of hydrogen-bond acceptors (Lipinski definition) is 6. The van der Waals surface area contributed by atoms with Crippen LogP contribution < -0.4 is 4.74 Å². The molecule has 0 radical (unpaired) electrons. The van der Waals surface area contributed by atoms with Crippen LogP contribution in [0.15, 0.2) is 36.9 Å². The van der Waals surface area contributed by atoms with Crippen LogP contribution in [0.2, 0.25) is 0 Å². The Morgan fingerprint density at radius 1 is 1.20 bits per heavy atom. The van der Waals surface area contributed by atoms with Crippen molar-refractivity contribution in [2.45, 2.75) is 19.4 Å². The zero-order valence-electron chi connectivity index (χ0n) is 14.8. The van der Waals surface area contributed by atoms with Crippen molar-refractivity contribution in [1.82, 2.24) is 4.90 Å². The van der Waals surface area contributed by atoms with Crippen molar-refractivity contribution in [3.8, 4) is 5.75 Å². The van der Waals surface area contributed by atoms with Gasteiger partial charge in [0.05, 0.1) is 18.8 Å². The molecule has 1 heterocycles. The Hall–Kier alpha value is -2.18. The Balaban J connectivity index is 1.90. The SMILES string of the molecule is C=CC(=O)OCCOc1ccc(C(=O)C(C)(C)N2CCOCC2)cc1. The summed E-state index contributed by atoms with van der Waals surface area (Å²) in [6, 6.07) is 7.02. The Labute approximate surface area is 148 Å². The number of rotatable bonds is 8. The second kappa shape index (κ2) is 8.78. The summed E-state index contributed by atoms with van der Waals surface area (Å²) in [4.78, 5) is 25.9. The molecule has 6 nitrogen and oxygen atoms in total. The van der Waals surface area contributed by atoms with Crippen LogP contribution in [0.1, 0.15) is 24.2 Å². The van der Waals surface area contributed by atoms with Crippen molar-refractivity contribution >= 4 is 11.8 Å². The summed E-state index contributed by atoms with van der Waals surface area (Å²) in [6.45, 7) is 10.4. The van der Waals surface area contributed by atoms with Gasteiger partial charge in [-0.1, -0.05) is 6.58 Å². The number of ether oxygens (including phenoxy) is 3. The minimum absolute atomic E-state index is 0.0702. The van der Waals surface area contributed by atoms with E-state index >= 15 is 0 Å². The van der Waals surface area contributed by atoms with Gasteiger partial charge in [0.15, 0.2) is 5.78 Å². The molecule has 0 aromatic heterocycles. The van der Waals surface area contributed by atoms with E-state index in [1.807, 2.05) is 13.8 Å². The van der Waals surface area contributed by atoms with Crippen LogP contribution in [-0.2, 0) is 14.3 Å². The highest BCUT2D eigenvalue weighted by molar-refractivity contribution is 6.02. The molecule has 1 fully saturated rings. The van der Waals surface area contributed by atoms with E-state index in [9.17, 15) is 9.59 Å². The first kappa shape index (κ1) is 19.1. The van der Waals surface area contributed by atoms with E-state index in [4.69, 9.17) is 14.2 Å². The lowest BCUT2D eigenvalue weighted by atomic mass is 9.91. The smallest absolute Gasteiger partial charge is 0.330 e. The number of Topliss-reactive ketones (excluding diaryl/α,β-unsaturated/α-hetero) is 1. The van der Waals surface area contributed by atoms with Crippen LogP contribution in [0.4, 0.5) is 0 Å². The molecule has 2 rings (SSSR count). The maximum atomic E-state index is 12.9. The van der Waals surface area contributed by atoms with E-state index in [0.29, 0.717) is 24.5 Å². The van der Waals surface area contributed by atoms with Crippen molar-refractivity contribution in [3.05, 3.63) is 42.5 Å². The summed E-state index contributed by atoms with van der Waals surface area (Å²) >= 11 is 0. The van der Waals surface area contributed by atoms with Crippen molar-refractivity contribution in [2.24, 2.45) is 0 Å². The lowest BCUT2D eigenvalue weighted by Gasteiger charge is -2.39. The molecule has 0 N–H and O–H groups in total. The van der Waals surface area contributed by atoms with Gasteiger partial charge in [0, 0.05) is 24.7 Å². The largest absolute Gasteiger partial charge is 0.490 e. The number of ketones is 1. The van der Waals surface area contributed by atoms with Crippen LogP contribution in [-0.4, -0.2) is 61.7 Å². The predicted molar refractivity (Wildman–Crippen MR) is 93.9 cm³/mol. The number of hydrogen-bond donors (Lipinski definition) is 0. The maximum Gasteiger partial charge on any atom is 0.330 e. The average Bonchev–Trinajstić information content (AvgIpc) is 2.65. The van der Waals surface area contributed by atoms with Gasteiger partial charge in [-0.15, -0.1) is 0 Å². The number of benzene rings is 1. The predicted octanol–water partition coefficient (Wildman–Crippen LogP) is 2.09. The van der Waals surface area contributed by atoms with E-state index in [0.717, 1.165) is 19.2 Å². The first-order valence-electron chi connectivity index (χ1n) is 8.35. The van der Waals surface area contributed by atoms with Crippen LogP contribution >= 0.6 is 0 Å². The molecule has 1 aliphatic rings. The molecule has 0 atom stereocenters. The number of esters is 1. The van der Waals surface area contributed by atoms with E-state index in [1.165, 1.54) is 0 Å². The monoisotopic (exact) mass is 347 g/mol. The fraction of sp³-hybridized carbons (Fsp3) is 0.474. The van der Waals surface area contributed by atoms with Crippen molar-refractivity contribution in [1.29, 1.82) is 0 Å². The van der Waals surface area contributed by atoms with Gasteiger partial charge < -0.3 is 14.2 Å². The number of carbonyl (C=O) groups is 2. The molecular formula is C19H25NO5. The lowest BCUT2D eigenvalue weighted by molar-refractivity contribution is -0.138. The zero-order valence-corrected chi connectivity index (χ0v) is 14.8. The average molecular weight is 347 g/mol. The molecule has 136 valence electrons. The molecule has 0 bridgehead atoms. The summed E-state index contributed by atoms with van der Waals surface area (Å²) in [7, 11) is 0. The third-order valence-electron chi connectivity index (χ3n) is 4.24. The van der Waals surface area contributed by atoms with Gasteiger partial charge in [-0.3, -0.25) is 9.69 Å². The van der Waals surface area contributed by atoms with E-state index in [-0.39, 0.29) is 19.0 Å². The molecule has 6 heteroatoms. The standard InChI is InChI=1S/C19H25NO5/c1-4-17(21)25-14-13-24-16-7-5-15(6-8-16)18(22)19(2,3)20-9-11-23-12-10-20/h4-8H,1,9-14H2,2-3H3. The summed E-state index contributed by atoms with van der Waals surface area (Å²) < 4.78 is 15.7. The summed E-state index contributed by atoms with van der Waals surface area (Å²) in [5.41, 5.74) is 0.0623. The minimum Gasteiger partial charge on any atom is -0.490 e. The summed E-state index contributed by atoms with van der Waals surface area (Å²) in [6.07, 6.45) is 1.11. The molecule has 1 aromatic carbocycles. The fourth-order valence-corrected chi connectivity index (χ4v) is 2.68. The number of morpholine rings is 1. The number of carbonyl (C=O) groups excluding carboxylic acids is 2. The van der Waals surface area contributed by atoms with Gasteiger partial charge in [-0.25, -0.2) is 4.79 Å². The molecule has 0 unspecified atom stereocenters. The minimum atomic E-state index is -0.578.